The number of ether oxygens (including phenoxy) is 1. The molecule has 1 aliphatic rings. The fourth-order valence-corrected chi connectivity index (χ4v) is 2.55. The van der Waals surface area contributed by atoms with Crippen LogP contribution in [0.25, 0.3) is 0 Å². The van der Waals surface area contributed by atoms with Gasteiger partial charge in [0.2, 0.25) is 0 Å². The van der Waals surface area contributed by atoms with E-state index in [9.17, 15) is 0 Å². The lowest BCUT2D eigenvalue weighted by molar-refractivity contribution is 0.177. The highest BCUT2D eigenvalue weighted by Gasteiger charge is 2.20. The Morgan fingerprint density at radius 3 is 2.67 bits per heavy atom. The van der Waals surface area contributed by atoms with Crippen molar-refractivity contribution >= 4 is 11.6 Å². The monoisotopic (exact) mass is 269 g/mol. The minimum Gasteiger partial charge on any atom is -0.495 e. The number of nitrogens with zero attached hydrogens (tertiary/aromatic N) is 1. The molecule has 5 heteroatoms. The first-order valence-corrected chi connectivity index (χ1v) is 6.55. The topological polar surface area (TPSA) is 50.5 Å². The minimum atomic E-state index is -0.101. The average molecular weight is 270 g/mol. The summed E-state index contributed by atoms with van der Waals surface area (Å²) in [5.74, 6) is 0.699. The largest absolute Gasteiger partial charge is 0.495 e. The lowest BCUT2D eigenvalue weighted by atomic mass is 10.0. The number of piperazine rings is 1. The van der Waals surface area contributed by atoms with E-state index < -0.39 is 0 Å². The lowest BCUT2D eigenvalue weighted by Gasteiger charge is -2.33. The normalized spacial score (nSPS) is 18.7. The second-order valence-electron chi connectivity index (χ2n) is 4.57. The molecule has 100 valence electrons. The van der Waals surface area contributed by atoms with Crippen molar-refractivity contribution in [2.75, 3.05) is 33.3 Å². The third-order valence-electron chi connectivity index (χ3n) is 3.40. The predicted molar refractivity (Wildman–Crippen MR) is 74.1 cm³/mol. The number of nitrogens with one attached hydrogen (secondary N) is 1. The van der Waals surface area contributed by atoms with Crippen molar-refractivity contribution in [1.82, 2.24) is 10.2 Å². The highest BCUT2D eigenvalue weighted by molar-refractivity contribution is 6.32. The fraction of sp³-hybridized carbons (Fsp3) is 0.538. The maximum atomic E-state index is 6.33. The summed E-state index contributed by atoms with van der Waals surface area (Å²) >= 11 is 6.17. The van der Waals surface area contributed by atoms with E-state index in [1.54, 1.807) is 7.11 Å². The van der Waals surface area contributed by atoms with Gasteiger partial charge in [0.1, 0.15) is 5.75 Å². The maximum Gasteiger partial charge on any atom is 0.137 e. The lowest BCUT2D eigenvalue weighted by Crippen LogP contribution is -2.47. The molecular formula is C13H20ClN3O. The van der Waals surface area contributed by atoms with Crippen molar-refractivity contribution in [2.45, 2.75) is 13.1 Å². The zero-order valence-electron chi connectivity index (χ0n) is 10.9. The van der Waals surface area contributed by atoms with Crippen LogP contribution in [0.4, 0.5) is 0 Å². The zero-order valence-corrected chi connectivity index (χ0v) is 11.6. The van der Waals surface area contributed by atoms with Crippen LogP contribution in [0.3, 0.4) is 0 Å². The van der Waals surface area contributed by atoms with Crippen LogP contribution in [-0.2, 0) is 0 Å². The van der Waals surface area contributed by atoms with Crippen molar-refractivity contribution in [1.29, 1.82) is 0 Å². The van der Waals surface area contributed by atoms with E-state index in [-0.39, 0.29) is 6.17 Å². The van der Waals surface area contributed by atoms with Crippen LogP contribution < -0.4 is 15.8 Å². The van der Waals surface area contributed by atoms with E-state index in [0.29, 0.717) is 10.8 Å². The van der Waals surface area contributed by atoms with Gasteiger partial charge in [-0.15, -0.1) is 0 Å². The van der Waals surface area contributed by atoms with Crippen LogP contribution in [0.5, 0.6) is 5.75 Å². The Labute approximate surface area is 113 Å². The summed E-state index contributed by atoms with van der Waals surface area (Å²) in [7, 11) is 1.62. The van der Waals surface area contributed by atoms with Crippen LogP contribution in [0.15, 0.2) is 12.1 Å². The van der Waals surface area contributed by atoms with E-state index in [2.05, 4.69) is 10.2 Å². The second-order valence-corrected chi connectivity index (χ2v) is 4.98. The van der Waals surface area contributed by atoms with E-state index in [0.717, 1.165) is 37.3 Å². The number of hydrogen-bond acceptors (Lipinski definition) is 4. The molecule has 1 aliphatic heterocycles. The Hall–Kier alpha value is -0.810. The molecule has 1 saturated heterocycles. The molecule has 0 bridgehead atoms. The second kappa shape index (κ2) is 5.89. The molecule has 0 aliphatic carbocycles. The van der Waals surface area contributed by atoms with Crippen molar-refractivity contribution in [3.8, 4) is 5.75 Å². The zero-order chi connectivity index (χ0) is 13.1. The quantitative estimate of drug-likeness (QED) is 0.874. The molecule has 0 radical (unpaired) electrons. The number of benzene rings is 1. The number of nitrogens with two attached hydrogens (primary N) is 1. The minimum absolute atomic E-state index is 0.101. The third kappa shape index (κ3) is 2.78. The Morgan fingerprint density at radius 2 is 2.06 bits per heavy atom. The number of rotatable bonds is 3. The van der Waals surface area contributed by atoms with Crippen LogP contribution in [0.1, 0.15) is 17.3 Å². The van der Waals surface area contributed by atoms with Gasteiger partial charge in [0.25, 0.3) is 0 Å². The molecule has 2 rings (SSSR count). The molecule has 0 aromatic heterocycles. The Morgan fingerprint density at radius 1 is 1.39 bits per heavy atom. The summed E-state index contributed by atoms with van der Waals surface area (Å²) in [4.78, 5) is 2.27. The summed E-state index contributed by atoms with van der Waals surface area (Å²) in [6.07, 6.45) is -0.101. The SMILES string of the molecule is COc1cc(C)c(C(N)N2CCNCC2)cc1Cl. The predicted octanol–water partition coefficient (Wildman–Crippen LogP) is 1.52. The van der Waals surface area contributed by atoms with Gasteiger partial charge in [-0.2, -0.15) is 0 Å². The summed E-state index contributed by atoms with van der Waals surface area (Å²) in [6, 6.07) is 3.86. The van der Waals surface area contributed by atoms with Gasteiger partial charge >= 0.3 is 0 Å². The number of halogens is 1. The molecule has 18 heavy (non-hydrogen) atoms. The molecule has 1 heterocycles. The summed E-state index contributed by atoms with van der Waals surface area (Å²) in [5, 5.41) is 3.94. The molecular weight excluding hydrogens is 250 g/mol. The Kier molecular flexibility index (Phi) is 4.45. The van der Waals surface area contributed by atoms with Crippen molar-refractivity contribution in [2.24, 2.45) is 5.73 Å². The molecule has 4 nitrogen and oxygen atoms in total. The van der Waals surface area contributed by atoms with Crippen LogP contribution >= 0.6 is 11.6 Å². The number of aryl methyl sites for hydroxylation is 1. The van der Waals surface area contributed by atoms with Gasteiger partial charge < -0.3 is 15.8 Å². The van der Waals surface area contributed by atoms with E-state index >= 15 is 0 Å². The Balaban J connectivity index is 2.23. The van der Waals surface area contributed by atoms with Crippen LogP contribution in [-0.4, -0.2) is 38.2 Å². The summed E-state index contributed by atoms with van der Waals surface area (Å²) in [5.41, 5.74) is 8.51. The van der Waals surface area contributed by atoms with Crippen LogP contribution in [0.2, 0.25) is 5.02 Å². The van der Waals surface area contributed by atoms with Crippen molar-refractivity contribution in [3.63, 3.8) is 0 Å². The first-order chi connectivity index (χ1) is 8.63. The molecule has 0 amide bonds. The van der Waals surface area contributed by atoms with Gasteiger partial charge in [0, 0.05) is 26.2 Å². The first-order valence-electron chi connectivity index (χ1n) is 6.18. The molecule has 1 fully saturated rings. The molecule has 1 aromatic rings. The van der Waals surface area contributed by atoms with Gasteiger partial charge in [-0.3, -0.25) is 4.90 Å². The molecule has 1 aromatic carbocycles. The number of hydrogen-bond donors (Lipinski definition) is 2. The molecule has 1 atom stereocenters. The van der Waals surface area contributed by atoms with Gasteiger partial charge in [0.15, 0.2) is 0 Å². The molecule has 0 saturated carbocycles. The van der Waals surface area contributed by atoms with E-state index in [4.69, 9.17) is 22.1 Å². The number of methoxy groups -OCH3 is 1. The standard InChI is InChI=1S/C13H20ClN3O/c1-9-7-12(18-2)11(14)8-10(9)13(15)17-5-3-16-4-6-17/h7-8,13,16H,3-6,15H2,1-2H3. The average Bonchev–Trinajstić information content (AvgIpc) is 2.41. The van der Waals surface area contributed by atoms with E-state index in [1.165, 1.54) is 0 Å². The molecule has 3 N–H and O–H groups in total. The van der Waals surface area contributed by atoms with E-state index in [1.807, 2.05) is 19.1 Å². The Bertz CT molecular complexity index is 419. The highest BCUT2D eigenvalue weighted by atomic mass is 35.5. The fourth-order valence-electron chi connectivity index (χ4n) is 2.30. The maximum absolute atomic E-state index is 6.33. The van der Waals surface area contributed by atoms with Gasteiger partial charge in [-0.25, -0.2) is 0 Å². The molecule has 0 spiro atoms. The van der Waals surface area contributed by atoms with Gasteiger partial charge in [0.05, 0.1) is 18.3 Å². The van der Waals surface area contributed by atoms with Crippen molar-refractivity contribution < 1.29 is 4.74 Å². The molecule has 1 unspecified atom stereocenters. The van der Waals surface area contributed by atoms with Crippen LogP contribution in [0, 0.1) is 6.92 Å². The first kappa shape index (κ1) is 13.6. The highest BCUT2D eigenvalue weighted by Crippen LogP contribution is 2.31. The van der Waals surface area contributed by atoms with Gasteiger partial charge in [-0.1, -0.05) is 11.6 Å². The smallest absolute Gasteiger partial charge is 0.137 e. The third-order valence-corrected chi connectivity index (χ3v) is 3.70. The summed E-state index contributed by atoms with van der Waals surface area (Å²) in [6.45, 7) is 5.93. The summed E-state index contributed by atoms with van der Waals surface area (Å²) < 4.78 is 5.21. The van der Waals surface area contributed by atoms with Crippen molar-refractivity contribution in [3.05, 3.63) is 28.3 Å². The van der Waals surface area contributed by atoms with Gasteiger partial charge in [-0.05, 0) is 30.2 Å².